The van der Waals surface area contributed by atoms with Crippen LogP contribution in [0.3, 0.4) is 0 Å². The van der Waals surface area contributed by atoms with Crippen LogP contribution in [-0.4, -0.2) is 20.9 Å². The fraction of sp³-hybridized carbons (Fsp3) is 0.214. The maximum Gasteiger partial charge on any atom is 0.303 e. The zero-order chi connectivity index (χ0) is 13.7. The molecule has 0 unspecified atom stereocenters. The van der Waals surface area contributed by atoms with Crippen molar-refractivity contribution >= 4 is 5.97 Å². The van der Waals surface area contributed by atoms with E-state index in [4.69, 9.17) is 10.5 Å². The first-order valence-corrected chi connectivity index (χ1v) is 6.07. The van der Waals surface area contributed by atoms with Crippen molar-refractivity contribution < 1.29 is 9.90 Å². The predicted molar refractivity (Wildman–Crippen MR) is 70.4 cm³/mol. The van der Waals surface area contributed by atoms with Crippen LogP contribution in [0.2, 0.25) is 0 Å². The van der Waals surface area contributed by atoms with Gasteiger partial charge in [0.1, 0.15) is 5.49 Å². The Bertz CT molecular complexity index is 620. The van der Waals surface area contributed by atoms with Crippen molar-refractivity contribution in [2.75, 3.05) is 0 Å². The van der Waals surface area contributed by atoms with E-state index in [0.29, 0.717) is 13.0 Å². The van der Waals surface area contributed by atoms with E-state index in [1.165, 1.54) is 4.68 Å². The summed E-state index contributed by atoms with van der Waals surface area (Å²) in [7, 11) is 0. The fourth-order valence-corrected chi connectivity index (χ4v) is 1.77. The average molecular weight is 257 g/mol. The summed E-state index contributed by atoms with van der Waals surface area (Å²) in [5.74, 6) is -0.827. The third-order valence-corrected chi connectivity index (χ3v) is 2.74. The lowest BCUT2D eigenvalue weighted by atomic mass is 10.1. The fourth-order valence-electron chi connectivity index (χ4n) is 1.77. The Morgan fingerprint density at radius 2 is 1.95 bits per heavy atom. The normalized spacial score (nSPS) is 10.3. The quantitative estimate of drug-likeness (QED) is 0.858. The lowest BCUT2D eigenvalue weighted by Crippen LogP contribution is -2.22. The molecule has 2 aromatic rings. The number of aryl methyl sites for hydroxylation is 1. The molecule has 1 aromatic carbocycles. The van der Waals surface area contributed by atoms with E-state index in [9.17, 15) is 4.79 Å². The maximum atomic E-state index is 10.5. The number of carboxylic acid groups (broad SMARTS) is 1. The molecule has 0 atom stereocenters. The van der Waals surface area contributed by atoms with Gasteiger partial charge in [-0.2, -0.15) is 5.10 Å². The maximum absolute atomic E-state index is 10.5. The van der Waals surface area contributed by atoms with Crippen molar-refractivity contribution in [3.8, 4) is 11.3 Å². The Labute approximate surface area is 110 Å². The number of aliphatic carboxylic acids is 1. The molecule has 2 rings (SSSR count). The van der Waals surface area contributed by atoms with E-state index >= 15 is 0 Å². The number of nitrogens with zero attached hydrogens (tertiary/aromatic N) is 2. The third-order valence-electron chi connectivity index (χ3n) is 2.74. The molecule has 2 N–H and O–H groups in total. The molecule has 19 heavy (non-hydrogen) atoms. The highest BCUT2D eigenvalue weighted by molar-refractivity contribution is 5.66. The molecular formula is C14H15N3O2. The lowest BCUT2D eigenvalue weighted by molar-refractivity contribution is -0.137. The van der Waals surface area contributed by atoms with Gasteiger partial charge in [-0.25, -0.2) is 4.68 Å². The van der Waals surface area contributed by atoms with E-state index in [0.717, 1.165) is 11.3 Å². The molecular weight excluding hydrogens is 242 g/mol. The average Bonchev–Trinajstić information content (AvgIpc) is 2.41. The molecule has 0 bridgehead atoms. The number of nitrogens with one attached hydrogen (secondary N) is 1. The summed E-state index contributed by atoms with van der Waals surface area (Å²) < 4.78 is 1.53. The summed E-state index contributed by atoms with van der Waals surface area (Å²) in [6, 6.07) is 13.2. The van der Waals surface area contributed by atoms with Crippen LogP contribution >= 0.6 is 0 Å². The Morgan fingerprint density at radius 1 is 1.21 bits per heavy atom. The van der Waals surface area contributed by atoms with Crippen LogP contribution in [0.4, 0.5) is 0 Å². The predicted octanol–water partition coefficient (Wildman–Crippen LogP) is 1.89. The van der Waals surface area contributed by atoms with Crippen LogP contribution in [-0.2, 0) is 11.3 Å². The minimum absolute atomic E-state index is 0.0870. The molecule has 0 aliphatic carbocycles. The number of carbonyl (C=O) groups is 1. The van der Waals surface area contributed by atoms with E-state index in [2.05, 4.69) is 5.10 Å². The number of benzene rings is 1. The van der Waals surface area contributed by atoms with Crippen LogP contribution in [0.5, 0.6) is 0 Å². The second kappa shape index (κ2) is 5.95. The highest BCUT2D eigenvalue weighted by Gasteiger charge is 2.02. The van der Waals surface area contributed by atoms with Crippen molar-refractivity contribution in [1.82, 2.24) is 9.78 Å². The van der Waals surface area contributed by atoms with Crippen LogP contribution in [0.25, 0.3) is 11.3 Å². The van der Waals surface area contributed by atoms with Crippen LogP contribution in [0.1, 0.15) is 12.8 Å². The second-order valence-electron chi connectivity index (χ2n) is 4.19. The topological polar surface area (TPSA) is 79.0 Å². The molecule has 5 heteroatoms. The van der Waals surface area contributed by atoms with Gasteiger partial charge in [0.25, 0.3) is 0 Å². The summed E-state index contributed by atoms with van der Waals surface area (Å²) in [6.45, 7) is 0.436. The molecule has 0 radical (unpaired) electrons. The Kier molecular flexibility index (Phi) is 4.07. The van der Waals surface area contributed by atoms with Gasteiger partial charge in [0.05, 0.1) is 5.69 Å². The van der Waals surface area contributed by atoms with E-state index in [-0.39, 0.29) is 11.9 Å². The van der Waals surface area contributed by atoms with Gasteiger partial charge in [-0.15, -0.1) is 0 Å². The van der Waals surface area contributed by atoms with Crippen LogP contribution < -0.4 is 5.49 Å². The van der Waals surface area contributed by atoms with Crippen molar-refractivity contribution in [1.29, 1.82) is 5.41 Å². The summed E-state index contributed by atoms with van der Waals surface area (Å²) in [4.78, 5) is 10.5. The van der Waals surface area contributed by atoms with E-state index in [1.807, 2.05) is 30.3 Å². The molecule has 0 aliphatic rings. The molecule has 1 aromatic heterocycles. The van der Waals surface area contributed by atoms with Crippen LogP contribution in [0, 0.1) is 5.41 Å². The summed E-state index contributed by atoms with van der Waals surface area (Å²) in [5.41, 5.74) is 2.05. The Balaban J connectivity index is 2.20. The molecule has 1 heterocycles. The molecule has 0 aliphatic heterocycles. The van der Waals surface area contributed by atoms with Crippen LogP contribution in [0.15, 0.2) is 42.5 Å². The molecule has 0 fully saturated rings. The SMILES string of the molecule is N=c1ccc(-c2ccccc2)nn1CCCC(=O)O. The van der Waals surface area contributed by atoms with Gasteiger partial charge in [-0.1, -0.05) is 30.3 Å². The van der Waals surface area contributed by atoms with Crippen molar-refractivity contribution in [3.05, 3.63) is 48.0 Å². The highest BCUT2D eigenvalue weighted by Crippen LogP contribution is 2.13. The van der Waals surface area contributed by atoms with Crippen molar-refractivity contribution in [2.45, 2.75) is 19.4 Å². The molecule has 0 saturated heterocycles. The molecule has 0 saturated carbocycles. The molecule has 0 spiro atoms. The smallest absolute Gasteiger partial charge is 0.303 e. The number of rotatable bonds is 5. The monoisotopic (exact) mass is 257 g/mol. The first-order valence-electron chi connectivity index (χ1n) is 6.07. The first-order chi connectivity index (χ1) is 9.16. The minimum atomic E-state index is -0.827. The van der Waals surface area contributed by atoms with Gasteiger partial charge < -0.3 is 5.11 Å². The summed E-state index contributed by atoms with van der Waals surface area (Å²) in [5, 5.41) is 20.8. The number of hydrogen-bond acceptors (Lipinski definition) is 3. The Hall–Kier alpha value is -2.43. The van der Waals surface area contributed by atoms with Gasteiger partial charge in [0.2, 0.25) is 0 Å². The molecule has 0 amide bonds. The standard InChI is InChI=1S/C14H15N3O2/c15-13-9-8-12(11-5-2-1-3-6-11)16-17(13)10-4-7-14(18)19/h1-3,5-6,8-9,15H,4,7,10H2,(H,18,19). The van der Waals surface area contributed by atoms with Gasteiger partial charge in [-0.05, 0) is 18.6 Å². The van der Waals surface area contributed by atoms with Gasteiger partial charge in [0.15, 0.2) is 0 Å². The number of aromatic nitrogens is 2. The molecule has 5 nitrogen and oxygen atoms in total. The third kappa shape index (κ3) is 3.51. The van der Waals surface area contributed by atoms with Gasteiger partial charge in [0, 0.05) is 18.5 Å². The second-order valence-corrected chi connectivity index (χ2v) is 4.19. The van der Waals surface area contributed by atoms with Gasteiger partial charge >= 0.3 is 5.97 Å². The zero-order valence-electron chi connectivity index (χ0n) is 10.4. The largest absolute Gasteiger partial charge is 0.481 e. The number of carboxylic acids is 1. The highest BCUT2D eigenvalue weighted by atomic mass is 16.4. The van der Waals surface area contributed by atoms with Crippen molar-refractivity contribution in [2.24, 2.45) is 0 Å². The van der Waals surface area contributed by atoms with Gasteiger partial charge in [-0.3, -0.25) is 10.2 Å². The minimum Gasteiger partial charge on any atom is -0.481 e. The summed E-state index contributed by atoms with van der Waals surface area (Å²) in [6.07, 6.45) is 0.556. The lowest BCUT2D eigenvalue weighted by Gasteiger charge is -2.07. The van der Waals surface area contributed by atoms with E-state index < -0.39 is 5.97 Å². The first kappa shape index (κ1) is 13.0. The summed E-state index contributed by atoms with van der Waals surface area (Å²) >= 11 is 0. The molecule has 98 valence electrons. The van der Waals surface area contributed by atoms with Crippen molar-refractivity contribution in [3.63, 3.8) is 0 Å². The number of hydrogen-bond donors (Lipinski definition) is 2. The zero-order valence-corrected chi connectivity index (χ0v) is 10.4. The van der Waals surface area contributed by atoms with E-state index in [1.54, 1.807) is 12.1 Å². The Morgan fingerprint density at radius 3 is 2.63 bits per heavy atom.